The van der Waals surface area contributed by atoms with Crippen LogP contribution in [0.15, 0.2) is 53.4 Å². The van der Waals surface area contributed by atoms with Crippen LogP contribution in [0.25, 0.3) is 0 Å². The molecule has 2 aromatic carbocycles. The molecule has 2 aromatic rings. The Labute approximate surface area is 193 Å². The molecule has 0 aliphatic carbocycles. The van der Waals surface area contributed by atoms with E-state index >= 15 is 0 Å². The second-order valence-corrected chi connectivity index (χ2v) is 11.8. The highest BCUT2D eigenvalue weighted by Gasteiger charge is 2.33. The van der Waals surface area contributed by atoms with Crippen LogP contribution < -0.4 is 10.0 Å². The molecule has 1 amide bonds. The molecule has 12 heteroatoms. The summed E-state index contributed by atoms with van der Waals surface area (Å²) in [6.45, 7) is 0.468. The number of benzene rings is 2. The maximum absolute atomic E-state index is 12.7. The zero-order valence-corrected chi connectivity index (χ0v) is 20.0. The highest BCUT2D eigenvalue weighted by molar-refractivity contribution is 7.92. The summed E-state index contributed by atoms with van der Waals surface area (Å²) in [6.07, 6.45) is 1.15. The molecule has 0 saturated carbocycles. The molecule has 0 bridgehead atoms. The van der Waals surface area contributed by atoms with Crippen LogP contribution in [0, 0.1) is 5.92 Å². The lowest BCUT2D eigenvalue weighted by Crippen LogP contribution is -2.47. The molecular weight excluding hydrogens is 476 g/mol. The van der Waals surface area contributed by atoms with E-state index in [4.69, 9.17) is 11.6 Å². The first kappa shape index (κ1) is 24.5. The van der Waals surface area contributed by atoms with Gasteiger partial charge < -0.3 is 5.32 Å². The molecule has 32 heavy (non-hydrogen) atoms. The number of piperidine rings is 1. The van der Waals surface area contributed by atoms with E-state index in [9.17, 15) is 21.6 Å². The first-order chi connectivity index (χ1) is 15.0. The molecule has 174 valence electrons. The lowest BCUT2D eigenvalue weighted by atomic mass is 9.99. The number of anilines is 2. The van der Waals surface area contributed by atoms with Crippen LogP contribution in [-0.4, -0.2) is 58.5 Å². The summed E-state index contributed by atoms with van der Waals surface area (Å²) in [7, 11) is -4.54. The Morgan fingerprint density at radius 3 is 2.34 bits per heavy atom. The Hall–Kier alpha value is -2.18. The van der Waals surface area contributed by atoms with Crippen molar-refractivity contribution in [2.75, 3.05) is 37.2 Å². The van der Waals surface area contributed by atoms with Gasteiger partial charge in [-0.1, -0.05) is 23.7 Å². The minimum atomic E-state index is -3.86. The summed E-state index contributed by atoms with van der Waals surface area (Å²) in [5, 5.41) is 3.02. The number of carbonyl (C=O) groups excluding carboxylic acids is 1. The lowest BCUT2D eigenvalue weighted by molar-refractivity contribution is -0.120. The smallest absolute Gasteiger partial charge is 0.281 e. The van der Waals surface area contributed by atoms with E-state index < -0.39 is 26.2 Å². The summed E-state index contributed by atoms with van der Waals surface area (Å²) >= 11 is 6.01. The third-order valence-corrected chi connectivity index (χ3v) is 8.71. The van der Waals surface area contributed by atoms with Gasteiger partial charge in [0, 0.05) is 32.9 Å². The number of nitrogens with one attached hydrogen (secondary N) is 2. The number of amides is 1. The first-order valence-corrected chi connectivity index (χ1v) is 13.1. The summed E-state index contributed by atoms with van der Waals surface area (Å²) in [5.41, 5.74) is 0.681. The van der Waals surface area contributed by atoms with Gasteiger partial charge in [0.15, 0.2) is 0 Å². The van der Waals surface area contributed by atoms with Crippen molar-refractivity contribution < 1.29 is 21.6 Å². The fourth-order valence-corrected chi connectivity index (χ4v) is 5.82. The summed E-state index contributed by atoms with van der Waals surface area (Å²) in [4.78, 5) is 12.7. The maximum Gasteiger partial charge on any atom is 0.281 e. The van der Waals surface area contributed by atoms with Crippen molar-refractivity contribution in [1.29, 1.82) is 0 Å². The molecule has 0 radical (unpaired) electrons. The molecule has 3 rings (SSSR count). The Morgan fingerprint density at radius 2 is 1.72 bits per heavy atom. The molecule has 9 nitrogen and oxygen atoms in total. The maximum atomic E-state index is 12.7. The monoisotopic (exact) mass is 500 g/mol. The number of halogens is 1. The van der Waals surface area contributed by atoms with Crippen molar-refractivity contribution in [2.45, 2.75) is 17.7 Å². The van der Waals surface area contributed by atoms with Crippen molar-refractivity contribution in [2.24, 2.45) is 5.92 Å². The van der Waals surface area contributed by atoms with Gasteiger partial charge in [-0.3, -0.25) is 9.52 Å². The summed E-state index contributed by atoms with van der Waals surface area (Å²) in [6, 6.07) is 12.2. The molecule has 1 fully saturated rings. The van der Waals surface area contributed by atoms with Crippen molar-refractivity contribution >= 4 is 49.1 Å². The average molecular weight is 501 g/mol. The zero-order valence-electron chi connectivity index (χ0n) is 17.7. The predicted octanol–water partition coefficient (Wildman–Crippen LogP) is 2.60. The minimum absolute atomic E-state index is 0.0105. The van der Waals surface area contributed by atoms with Gasteiger partial charge in [-0.25, -0.2) is 8.42 Å². The number of sulfonamides is 1. The standard InChI is InChI=1S/C20H25ClN4O5S2/c1-24(2)32(29,30)25-13-5-6-15(14-25)20(26)22-16-9-11-17(12-10-16)31(27,28)23-19-8-4-3-7-18(19)21/h3-4,7-12,15,23H,5-6,13-14H2,1-2H3,(H,22,26)/t15-/m1/s1. The zero-order chi connectivity index (χ0) is 23.5. The molecular formula is C20H25ClN4O5S2. The van der Waals surface area contributed by atoms with Gasteiger partial charge in [0.1, 0.15) is 0 Å². The fourth-order valence-electron chi connectivity index (χ4n) is 3.31. The van der Waals surface area contributed by atoms with Gasteiger partial charge >= 0.3 is 0 Å². The quantitative estimate of drug-likeness (QED) is 0.606. The molecule has 2 N–H and O–H groups in total. The van der Waals surface area contributed by atoms with E-state index in [0.29, 0.717) is 25.1 Å². The van der Waals surface area contributed by atoms with Crippen LogP contribution in [0.1, 0.15) is 12.8 Å². The van der Waals surface area contributed by atoms with E-state index in [1.807, 2.05) is 0 Å². The highest BCUT2D eigenvalue weighted by Crippen LogP contribution is 2.25. The Kier molecular flexibility index (Phi) is 7.46. The van der Waals surface area contributed by atoms with Crippen LogP contribution in [0.3, 0.4) is 0 Å². The summed E-state index contributed by atoms with van der Waals surface area (Å²) in [5.74, 6) is -0.808. The number of hydrogen-bond donors (Lipinski definition) is 2. The van der Waals surface area contributed by atoms with Crippen LogP contribution in [-0.2, 0) is 25.0 Å². The molecule has 0 unspecified atom stereocenters. The topological polar surface area (TPSA) is 116 Å². The number of nitrogens with zero attached hydrogens (tertiary/aromatic N) is 2. The SMILES string of the molecule is CN(C)S(=O)(=O)N1CCC[C@@H](C(=O)Nc2ccc(S(=O)(=O)Nc3ccccc3Cl)cc2)C1. The second kappa shape index (κ2) is 9.75. The van der Waals surface area contributed by atoms with E-state index in [2.05, 4.69) is 10.0 Å². The fraction of sp³-hybridized carbons (Fsp3) is 0.350. The third kappa shape index (κ3) is 5.59. The molecule has 0 spiro atoms. The third-order valence-electron chi connectivity index (χ3n) is 5.09. The Morgan fingerprint density at radius 1 is 1.06 bits per heavy atom. The van der Waals surface area contributed by atoms with Gasteiger partial charge in [-0.15, -0.1) is 0 Å². The van der Waals surface area contributed by atoms with E-state index in [-0.39, 0.29) is 28.1 Å². The number of para-hydroxylation sites is 1. The molecule has 0 aromatic heterocycles. The van der Waals surface area contributed by atoms with Crippen molar-refractivity contribution in [3.05, 3.63) is 53.6 Å². The molecule has 1 saturated heterocycles. The molecule has 1 heterocycles. The van der Waals surface area contributed by atoms with Crippen molar-refractivity contribution in [3.8, 4) is 0 Å². The van der Waals surface area contributed by atoms with Gasteiger partial charge in [0.2, 0.25) is 5.91 Å². The number of carbonyl (C=O) groups is 1. The molecule has 1 atom stereocenters. The van der Waals surface area contributed by atoms with Crippen molar-refractivity contribution in [1.82, 2.24) is 8.61 Å². The first-order valence-electron chi connectivity index (χ1n) is 9.86. The van der Waals surface area contributed by atoms with E-state index in [0.717, 1.165) is 4.31 Å². The molecule has 1 aliphatic heterocycles. The average Bonchev–Trinajstić information content (AvgIpc) is 2.75. The lowest BCUT2D eigenvalue weighted by Gasteiger charge is -2.32. The number of rotatable bonds is 7. The minimum Gasteiger partial charge on any atom is -0.326 e. The van der Waals surface area contributed by atoms with E-state index in [1.54, 1.807) is 24.3 Å². The normalized spacial score (nSPS) is 17.8. The van der Waals surface area contributed by atoms with Gasteiger partial charge in [-0.05, 0) is 49.2 Å². The molecule has 1 aliphatic rings. The number of hydrogen-bond acceptors (Lipinski definition) is 5. The largest absolute Gasteiger partial charge is 0.326 e. The van der Waals surface area contributed by atoms with E-state index in [1.165, 1.54) is 42.7 Å². The van der Waals surface area contributed by atoms with Crippen LogP contribution >= 0.6 is 11.6 Å². The highest BCUT2D eigenvalue weighted by atomic mass is 35.5. The van der Waals surface area contributed by atoms with Gasteiger partial charge in [-0.2, -0.15) is 17.0 Å². The van der Waals surface area contributed by atoms with Crippen LogP contribution in [0.4, 0.5) is 11.4 Å². The summed E-state index contributed by atoms with van der Waals surface area (Å²) < 4.78 is 54.7. The van der Waals surface area contributed by atoms with Gasteiger partial charge in [0.25, 0.3) is 20.2 Å². The van der Waals surface area contributed by atoms with Crippen molar-refractivity contribution in [3.63, 3.8) is 0 Å². The second-order valence-electron chi connectivity index (χ2n) is 7.59. The predicted molar refractivity (Wildman–Crippen MR) is 124 cm³/mol. The Bertz CT molecular complexity index is 1180. The Balaban J connectivity index is 1.66. The van der Waals surface area contributed by atoms with Crippen LogP contribution in [0.2, 0.25) is 5.02 Å². The van der Waals surface area contributed by atoms with Crippen LogP contribution in [0.5, 0.6) is 0 Å². The van der Waals surface area contributed by atoms with Gasteiger partial charge in [0.05, 0.1) is 21.5 Å².